The van der Waals surface area contributed by atoms with Crippen LogP contribution >= 0.6 is 0 Å². The maximum atomic E-state index is 12.8. The molecule has 29 heavy (non-hydrogen) atoms. The summed E-state index contributed by atoms with van der Waals surface area (Å²) in [6.07, 6.45) is 0. The van der Waals surface area contributed by atoms with E-state index in [4.69, 9.17) is 0 Å². The highest BCUT2D eigenvalue weighted by atomic mass is 32.2. The maximum absolute atomic E-state index is 12.8. The molecule has 0 saturated heterocycles. The summed E-state index contributed by atoms with van der Waals surface area (Å²) in [5.41, 5.74) is 3.34. The molecule has 0 bridgehead atoms. The first-order valence-electron chi connectivity index (χ1n) is 9.16. The fraction of sp³-hybridized carbons (Fsp3) is 0.0909. The number of anilines is 1. The fourth-order valence-corrected chi connectivity index (χ4v) is 4.00. The van der Waals surface area contributed by atoms with Crippen molar-refractivity contribution in [2.24, 2.45) is 0 Å². The monoisotopic (exact) mass is 405 g/mol. The van der Waals surface area contributed by atoms with Crippen LogP contribution in [0.25, 0.3) is 22.4 Å². The number of benzene rings is 3. The van der Waals surface area contributed by atoms with E-state index in [0.717, 1.165) is 16.6 Å². The molecule has 0 unspecified atom stereocenters. The quantitative estimate of drug-likeness (QED) is 0.518. The Morgan fingerprint density at radius 2 is 1.76 bits per heavy atom. The van der Waals surface area contributed by atoms with Crippen LogP contribution in [-0.2, 0) is 9.84 Å². The van der Waals surface area contributed by atoms with Crippen LogP contribution in [0.5, 0.6) is 0 Å². The number of para-hydroxylation sites is 3. The van der Waals surface area contributed by atoms with Crippen molar-refractivity contribution < 1.29 is 13.2 Å². The lowest BCUT2D eigenvalue weighted by molar-refractivity contribution is 0.102. The Morgan fingerprint density at radius 3 is 2.55 bits per heavy atom. The predicted octanol–water partition coefficient (Wildman–Crippen LogP) is 4.28. The van der Waals surface area contributed by atoms with Crippen molar-refractivity contribution in [3.63, 3.8) is 0 Å². The van der Waals surface area contributed by atoms with Gasteiger partial charge >= 0.3 is 0 Å². The first kappa shape index (κ1) is 18.9. The van der Waals surface area contributed by atoms with E-state index in [1.54, 1.807) is 25.1 Å². The third-order valence-electron chi connectivity index (χ3n) is 4.66. The van der Waals surface area contributed by atoms with Crippen LogP contribution in [-0.4, -0.2) is 30.0 Å². The second-order valence-corrected chi connectivity index (χ2v) is 8.81. The van der Waals surface area contributed by atoms with Crippen LogP contribution in [0.1, 0.15) is 17.3 Å². The van der Waals surface area contributed by atoms with Gasteiger partial charge in [0.1, 0.15) is 5.82 Å². The number of hydrogen-bond donors (Lipinski definition) is 2. The Kier molecular flexibility index (Phi) is 4.90. The van der Waals surface area contributed by atoms with Crippen molar-refractivity contribution in [2.75, 3.05) is 11.1 Å². The molecular weight excluding hydrogens is 386 g/mol. The van der Waals surface area contributed by atoms with Crippen molar-refractivity contribution in [1.29, 1.82) is 0 Å². The number of sulfone groups is 1. The maximum Gasteiger partial charge on any atom is 0.255 e. The SMILES string of the molecule is CCS(=O)(=O)c1cccc(C(=O)Nc2ccccc2-c2nc3ccccc3[nH]2)c1. The molecule has 0 atom stereocenters. The summed E-state index contributed by atoms with van der Waals surface area (Å²) in [7, 11) is -3.39. The number of aromatic amines is 1. The summed E-state index contributed by atoms with van der Waals surface area (Å²) in [6, 6.07) is 21.1. The number of nitrogens with one attached hydrogen (secondary N) is 2. The number of nitrogens with zero attached hydrogens (tertiary/aromatic N) is 1. The van der Waals surface area contributed by atoms with E-state index in [1.807, 2.05) is 42.5 Å². The van der Waals surface area contributed by atoms with Crippen LogP contribution in [0, 0.1) is 0 Å². The van der Waals surface area contributed by atoms with Crippen molar-refractivity contribution in [2.45, 2.75) is 11.8 Å². The molecule has 0 saturated carbocycles. The lowest BCUT2D eigenvalue weighted by Crippen LogP contribution is -2.14. The lowest BCUT2D eigenvalue weighted by atomic mass is 10.1. The Balaban J connectivity index is 1.67. The van der Waals surface area contributed by atoms with Crippen LogP contribution < -0.4 is 5.32 Å². The summed E-state index contributed by atoms with van der Waals surface area (Å²) in [5, 5.41) is 2.87. The number of carbonyl (C=O) groups is 1. The molecule has 0 fully saturated rings. The van der Waals surface area contributed by atoms with Gasteiger partial charge in [0.2, 0.25) is 0 Å². The Bertz CT molecular complexity index is 1280. The first-order chi connectivity index (χ1) is 14.0. The van der Waals surface area contributed by atoms with Gasteiger partial charge in [-0.1, -0.05) is 37.3 Å². The van der Waals surface area contributed by atoms with Crippen LogP contribution in [0.3, 0.4) is 0 Å². The highest BCUT2D eigenvalue weighted by Gasteiger charge is 2.16. The van der Waals surface area contributed by atoms with Crippen molar-refractivity contribution in [3.05, 3.63) is 78.4 Å². The number of imidazole rings is 1. The molecule has 3 aromatic carbocycles. The molecule has 0 aliphatic heterocycles. The molecule has 146 valence electrons. The summed E-state index contributed by atoms with van der Waals surface area (Å²) in [6.45, 7) is 1.58. The largest absolute Gasteiger partial charge is 0.338 e. The van der Waals surface area contributed by atoms with E-state index < -0.39 is 9.84 Å². The molecular formula is C22H19N3O3S. The predicted molar refractivity (Wildman–Crippen MR) is 114 cm³/mol. The molecule has 0 radical (unpaired) electrons. The molecule has 1 amide bonds. The van der Waals surface area contributed by atoms with Crippen molar-refractivity contribution in [3.8, 4) is 11.4 Å². The standard InChI is InChI=1S/C22H19N3O3S/c1-2-29(27,28)16-9-7-8-15(14-16)22(26)25-18-11-4-3-10-17(18)21-23-19-12-5-6-13-20(19)24-21/h3-14H,2H2,1H3,(H,23,24)(H,25,26). The number of amides is 1. The second kappa shape index (κ2) is 7.52. The van der Waals surface area contributed by atoms with E-state index in [9.17, 15) is 13.2 Å². The van der Waals surface area contributed by atoms with Crippen molar-refractivity contribution >= 4 is 32.5 Å². The summed E-state index contributed by atoms with van der Waals surface area (Å²) in [4.78, 5) is 20.8. The van der Waals surface area contributed by atoms with Gasteiger partial charge < -0.3 is 10.3 Å². The topological polar surface area (TPSA) is 91.9 Å². The summed E-state index contributed by atoms with van der Waals surface area (Å²) < 4.78 is 24.2. The fourth-order valence-electron chi connectivity index (χ4n) is 3.07. The van der Waals surface area contributed by atoms with Gasteiger partial charge in [-0.15, -0.1) is 0 Å². The second-order valence-electron chi connectivity index (χ2n) is 6.53. The number of hydrogen-bond acceptors (Lipinski definition) is 4. The smallest absolute Gasteiger partial charge is 0.255 e. The Hall–Kier alpha value is -3.45. The van der Waals surface area contributed by atoms with Gasteiger partial charge in [0.25, 0.3) is 5.91 Å². The van der Waals surface area contributed by atoms with E-state index in [1.165, 1.54) is 12.1 Å². The minimum Gasteiger partial charge on any atom is -0.338 e. The zero-order valence-corrected chi connectivity index (χ0v) is 16.5. The van der Waals surface area contributed by atoms with Gasteiger partial charge in [-0.3, -0.25) is 4.79 Å². The highest BCUT2D eigenvalue weighted by molar-refractivity contribution is 7.91. The van der Waals surface area contributed by atoms with Crippen LogP contribution in [0.2, 0.25) is 0 Å². The van der Waals surface area contributed by atoms with Crippen molar-refractivity contribution in [1.82, 2.24) is 9.97 Å². The molecule has 4 aromatic rings. The number of fused-ring (bicyclic) bond motifs is 1. The minimum absolute atomic E-state index is 0.0209. The van der Waals surface area contributed by atoms with Crippen LogP contribution in [0.4, 0.5) is 5.69 Å². The van der Waals surface area contributed by atoms with Gasteiger partial charge in [-0.25, -0.2) is 13.4 Å². The minimum atomic E-state index is -3.39. The van der Waals surface area contributed by atoms with Gasteiger partial charge in [0, 0.05) is 11.1 Å². The number of aromatic nitrogens is 2. The molecule has 1 aromatic heterocycles. The zero-order chi connectivity index (χ0) is 20.4. The average Bonchev–Trinajstić information content (AvgIpc) is 3.18. The van der Waals surface area contributed by atoms with Gasteiger partial charge in [0.15, 0.2) is 9.84 Å². The molecule has 4 rings (SSSR count). The number of H-pyrrole nitrogens is 1. The molecule has 7 heteroatoms. The number of rotatable bonds is 5. The Labute approximate surface area is 168 Å². The third kappa shape index (κ3) is 3.77. The van der Waals surface area contributed by atoms with E-state index in [0.29, 0.717) is 11.5 Å². The summed E-state index contributed by atoms with van der Waals surface area (Å²) >= 11 is 0. The molecule has 6 nitrogen and oxygen atoms in total. The molecule has 1 heterocycles. The average molecular weight is 405 g/mol. The van der Waals surface area contributed by atoms with Gasteiger partial charge in [-0.2, -0.15) is 0 Å². The third-order valence-corrected chi connectivity index (χ3v) is 6.39. The van der Waals surface area contributed by atoms with E-state index in [-0.39, 0.29) is 22.1 Å². The first-order valence-corrected chi connectivity index (χ1v) is 10.8. The van der Waals surface area contributed by atoms with Gasteiger partial charge in [0.05, 0.1) is 27.4 Å². The van der Waals surface area contributed by atoms with E-state index in [2.05, 4.69) is 15.3 Å². The molecule has 2 N–H and O–H groups in total. The highest BCUT2D eigenvalue weighted by Crippen LogP contribution is 2.28. The lowest BCUT2D eigenvalue weighted by Gasteiger charge is -2.10. The Morgan fingerprint density at radius 1 is 1.00 bits per heavy atom. The van der Waals surface area contributed by atoms with Crippen LogP contribution in [0.15, 0.2) is 77.7 Å². The number of carbonyl (C=O) groups excluding carboxylic acids is 1. The summed E-state index contributed by atoms with van der Waals surface area (Å²) in [5.74, 6) is 0.235. The van der Waals surface area contributed by atoms with Gasteiger partial charge in [-0.05, 0) is 42.5 Å². The zero-order valence-electron chi connectivity index (χ0n) is 15.7. The molecule has 0 spiro atoms. The normalized spacial score (nSPS) is 11.5. The molecule has 0 aliphatic carbocycles. The van der Waals surface area contributed by atoms with E-state index >= 15 is 0 Å². The molecule has 0 aliphatic rings.